The van der Waals surface area contributed by atoms with Gasteiger partial charge in [0.05, 0.1) is 0 Å². The third-order valence-corrected chi connectivity index (χ3v) is 3.36. The summed E-state index contributed by atoms with van der Waals surface area (Å²) in [6.45, 7) is 2.00. The molecule has 0 saturated heterocycles. The number of carbonyl (C=O) groups is 1. The van der Waals surface area contributed by atoms with Gasteiger partial charge in [-0.3, -0.25) is 4.79 Å². The molecule has 3 nitrogen and oxygen atoms in total. The molecule has 0 aliphatic rings. The predicted molar refractivity (Wildman–Crippen MR) is 78.1 cm³/mol. The molecule has 0 atom stereocenters. The summed E-state index contributed by atoms with van der Waals surface area (Å²) in [5.41, 5.74) is 6.57. The van der Waals surface area contributed by atoms with Crippen molar-refractivity contribution in [2.75, 3.05) is 0 Å². The van der Waals surface area contributed by atoms with Crippen LogP contribution in [0.5, 0.6) is 5.75 Å². The van der Waals surface area contributed by atoms with Crippen molar-refractivity contribution in [2.24, 2.45) is 5.73 Å². The Hall–Kier alpha value is -1.88. The van der Waals surface area contributed by atoms with Gasteiger partial charge < -0.3 is 10.5 Å². The molecule has 0 fully saturated rings. The third-order valence-electron chi connectivity index (χ3n) is 2.87. The van der Waals surface area contributed by atoms with E-state index in [1.54, 1.807) is 0 Å². The fourth-order valence-electron chi connectivity index (χ4n) is 1.70. The zero-order valence-corrected chi connectivity index (χ0v) is 12.4. The highest BCUT2D eigenvalue weighted by atomic mass is 79.9. The largest absolute Gasteiger partial charge is 0.488 e. The Morgan fingerprint density at radius 2 is 2.05 bits per heavy atom. The Morgan fingerprint density at radius 3 is 2.70 bits per heavy atom. The monoisotopic (exact) mass is 337 g/mol. The SMILES string of the molecule is Cc1ccc(Br)cc1OCc1ccc(C(N)=O)cc1F. The highest BCUT2D eigenvalue weighted by Crippen LogP contribution is 2.24. The van der Waals surface area contributed by atoms with Crippen molar-refractivity contribution >= 4 is 21.8 Å². The fraction of sp³-hybridized carbons (Fsp3) is 0.133. The van der Waals surface area contributed by atoms with Crippen LogP contribution in [0.3, 0.4) is 0 Å². The van der Waals surface area contributed by atoms with Crippen LogP contribution in [0.1, 0.15) is 21.5 Å². The molecule has 0 radical (unpaired) electrons. The second-order valence-electron chi connectivity index (χ2n) is 4.37. The molecule has 0 bridgehead atoms. The highest BCUT2D eigenvalue weighted by Gasteiger charge is 2.08. The van der Waals surface area contributed by atoms with E-state index in [2.05, 4.69) is 15.9 Å². The summed E-state index contributed by atoms with van der Waals surface area (Å²) in [7, 11) is 0. The summed E-state index contributed by atoms with van der Waals surface area (Å²) >= 11 is 3.36. The quantitative estimate of drug-likeness (QED) is 0.927. The van der Waals surface area contributed by atoms with Crippen LogP contribution >= 0.6 is 15.9 Å². The first-order valence-electron chi connectivity index (χ1n) is 5.94. The molecule has 2 aromatic rings. The van der Waals surface area contributed by atoms with Gasteiger partial charge in [0, 0.05) is 15.6 Å². The minimum atomic E-state index is -0.654. The first-order chi connectivity index (χ1) is 9.47. The minimum absolute atomic E-state index is 0.0855. The summed E-state index contributed by atoms with van der Waals surface area (Å²) in [5, 5.41) is 0. The van der Waals surface area contributed by atoms with E-state index in [1.807, 2.05) is 25.1 Å². The molecule has 0 unspecified atom stereocenters. The summed E-state index contributed by atoms with van der Waals surface area (Å²) < 4.78 is 20.3. The molecule has 1 amide bonds. The van der Waals surface area contributed by atoms with Crippen LogP contribution in [-0.2, 0) is 6.61 Å². The van der Waals surface area contributed by atoms with Crippen molar-refractivity contribution < 1.29 is 13.9 Å². The number of amides is 1. The summed E-state index contributed by atoms with van der Waals surface area (Å²) in [5.74, 6) is -0.481. The Morgan fingerprint density at radius 1 is 1.30 bits per heavy atom. The lowest BCUT2D eigenvalue weighted by atomic mass is 10.1. The van der Waals surface area contributed by atoms with Crippen LogP contribution in [0, 0.1) is 12.7 Å². The molecule has 2 N–H and O–H groups in total. The predicted octanol–water partition coefficient (Wildman–Crippen LogP) is 3.57. The van der Waals surface area contributed by atoms with Gasteiger partial charge in [-0.1, -0.05) is 28.1 Å². The molecule has 0 aliphatic heterocycles. The number of hydrogen-bond acceptors (Lipinski definition) is 2. The Bertz CT molecular complexity index is 658. The van der Waals surface area contributed by atoms with Crippen molar-refractivity contribution in [1.82, 2.24) is 0 Å². The average molecular weight is 338 g/mol. The second-order valence-corrected chi connectivity index (χ2v) is 5.28. The van der Waals surface area contributed by atoms with Gasteiger partial charge in [0.15, 0.2) is 0 Å². The van der Waals surface area contributed by atoms with Gasteiger partial charge in [-0.15, -0.1) is 0 Å². The molecule has 0 saturated carbocycles. The fourth-order valence-corrected chi connectivity index (χ4v) is 2.04. The maximum atomic E-state index is 13.8. The van der Waals surface area contributed by atoms with E-state index in [1.165, 1.54) is 12.1 Å². The van der Waals surface area contributed by atoms with E-state index in [0.29, 0.717) is 11.3 Å². The number of benzene rings is 2. The molecule has 0 aliphatic carbocycles. The first kappa shape index (κ1) is 14.5. The van der Waals surface area contributed by atoms with Gasteiger partial charge in [0.2, 0.25) is 5.91 Å². The average Bonchev–Trinajstić information content (AvgIpc) is 2.40. The van der Waals surface area contributed by atoms with Gasteiger partial charge in [0.25, 0.3) is 0 Å². The van der Waals surface area contributed by atoms with Crippen LogP contribution in [0.4, 0.5) is 4.39 Å². The Kier molecular flexibility index (Phi) is 4.39. The molecule has 0 heterocycles. The van der Waals surface area contributed by atoms with Gasteiger partial charge in [-0.2, -0.15) is 0 Å². The van der Waals surface area contributed by atoms with E-state index in [9.17, 15) is 9.18 Å². The molecule has 104 valence electrons. The van der Waals surface area contributed by atoms with Crippen LogP contribution in [-0.4, -0.2) is 5.91 Å². The molecule has 20 heavy (non-hydrogen) atoms. The zero-order valence-electron chi connectivity index (χ0n) is 10.8. The van der Waals surface area contributed by atoms with Crippen molar-refractivity contribution in [2.45, 2.75) is 13.5 Å². The summed E-state index contributed by atoms with van der Waals surface area (Å²) in [4.78, 5) is 10.9. The van der Waals surface area contributed by atoms with E-state index < -0.39 is 11.7 Å². The maximum Gasteiger partial charge on any atom is 0.248 e. The standard InChI is InChI=1S/C15H13BrFNO2/c1-9-2-5-12(16)7-14(9)20-8-11-4-3-10(15(18)19)6-13(11)17/h2-7H,8H2,1H3,(H2,18,19). The van der Waals surface area contributed by atoms with Gasteiger partial charge >= 0.3 is 0 Å². The highest BCUT2D eigenvalue weighted by molar-refractivity contribution is 9.10. The lowest BCUT2D eigenvalue weighted by molar-refractivity contribution is 0.0999. The molecule has 0 spiro atoms. The first-order valence-corrected chi connectivity index (χ1v) is 6.74. The normalized spacial score (nSPS) is 10.3. The molecule has 2 rings (SSSR count). The Balaban J connectivity index is 2.15. The summed E-state index contributed by atoms with van der Waals surface area (Å²) in [6, 6.07) is 9.75. The van der Waals surface area contributed by atoms with Crippen LogP contribution in [0.25, 0.3) is 0 Å². The van der Waals surface area contributed by atoms with Crippen molar-refractivity contribution in [3.05, 3.63) is 63.4 Å². The number of primary amides is 1. The second kappa shape index (κ2) is 6.05. The number of aryl methyl sites for hydroxylation is 1. The Labute approximate surface area is 124 Å². The molecule has 5 heteroatoms. The van der Waals surface area contributed by atoms with E-state index in [0.717, 1.165) is 16.1 Å². The van der Waals surface area contributed by atoms with E-state index in [-0.39, 0.29) is 12.2 Å². The number of carbonyl (C=O) groups excluding carboxylic acids is 1. The lowest BCUT2D eigenvalue weighted by Gasteiger charge is -2.10. The van der Waals surface area contributed by atoms with Crippen molar-refractivity contribution in [1.29, 1.82) is 0 Å². The van der Waals surface area contributed by atoms with E-state index >= 15 is 0 Å². The van der Waals surface area contributed by atoms with Crippen LogP contribution in [0.15, 0.2) is 40.9 Å². The maximum absolute atomic E-state index is 13.8. The van der Waals surface area contributed by atoms with Gasteiger partial charge in [0.1, 0.15) is 18.2 Å². The topological polar surface area (TPSA) is 52.3 Å². The summed E-state index contributed by atoms with van der Waals surface area (Å²) in [6.07, 6.45) is 0. The number of nitrogens with two attached hydrogens (primary N) is 1. The minimum Gasteiger partial charge on any atom is -0.488 e. The van der Waals surface area contributed by atoms with E-state index in [4.69, 9.17) is 10.5 Å². The zero-order chi connectivity index (χ0) is 14.7. The van der Waals surface area contributed by atoms with Crippen LogP contribution in [0.2, 0.25) is 0 Å². The van der Waals surface area contributed by atoms with Gasteiger partial charge in [-0.25, -0.2) is 4.39 Å². The molecular formula is C15H13BrFNO2. The number of hydrogen-bond donors (Lipinski definition) is 1. The number of ether oxygens (including phenoxy) is 1. The molecule has 0 aromatic heterocycles. The lowest BCUT2D eigenvalue weighted by Crippen LogP contribution is -2.11. The number of halogens is 2. The molecular weight excluding hydrogens is 325 g/mol. The smallest absolute Gasteiger partial charge is 0.248 e. The van der Waals surface area contributed by atoms with Crippen LogP contribution < -0.4 is 10.5 Å². The number of rotatable bonds is 4. The van der Waals surface area contributed by atoms with Gasteiger partial charge in [-0.05, 0) is 36.8 Å². The van der Waals surface area contributed by atoms with Crippen molar-refractivity contribution in [3.8, 4) is 5.75 Å². The molecule has 2 aromatic carbocycles. The third kappa shape index (κ3) is 3.36. The van der Waals surface area contributed by atoms with Crippen molar-refractivity contribution in [3.63, 3.8) is 0 Å².